The summed E-state index contributed by atoms with van der Waals surface area (Å²) < 4.78 is 28.7. The molecule has 0 aliphatic carbocycles. The lowest BCUT2D eigenvalue weighted by Crippen LogP contribution is -2.02. The van der Waals surface area contributed by atoms with E-state index in [0.29, 0.717) is 5.75 Å². The molecule has 0 spiro atoms. The third-order valence-corrected chi connectivity index (χ3v) is 6.53. The quantitative estimate of drug-likeness (QED) is 0.867. The highest BCUT2D eigenvalue weighted by molar-refractivity contribution is 8.00. The highest BCUT2D eigenvalue weighted by atomic mass is 32.3. The summed E-state index contributed by atoms with van der Waals surface area (Å²) in [7, 11) is -4.23. The van der Waals surface area contributed by atoms with Gasteiger partial charge >= 0.3 is 0 Å². The van der Waals surface area contributed by atoms with Crippen LogP contribution in [0.5, 0.6) is 0 Å². The fourth-order valence-corrected chi connectivity index (χ4v) is 5.05. The van der Waals surface area contributed by atoms with Gasteiger partial charge in [-0.1, -0.05) is 53.5 Å². The van der Waals surface area contributed by atoms with Crippen LogP contribution in [-0.2, 0) is 20.7 Å². The van der Waals surface area contributed by atoms with Crippen LogP contribution in [0.4, 0.5) is 0 Å². The van der Waals surface area contributed by atoms with Crippen LogP contribution < -0.4 is 0 Å². The van der Waals surface area contributed by atoms with Crippen LogP contribution >= 0.6 is 0 Å². The molecule has 5 heteroatoms. The molecule has 0 aliphatic rings. The maximum atomic E-state index is 12.3. The van der Waals surface area contributed by atoms with Crippen molar-refractivity contribution in [3.63, 3.8) is 0 Å². The van der Waals surface area contributed by atoms with E-state index in [0.717, 1.165) is 10.5 Å². The third kappa shape index (κ3) is 3.55. The van der Waals surface area contributed by atoms with Gasteiger partial charge in [-0.15, -0.1) is 3.77 Å². The van der Waals surface area contributed by atoms with E-state index in [1.807, 2.05) is 44.2 Å². The Balaban J connectivity index is 2.43. The van der Waals surface area contributed by atoms with Gasteiger partial charge in [0.1, 0.15) is 0 Å². The van der Waals surface area contributed by atoms with Crippen LogP contribution in [-0.4, -0.2) is 14.2 Å². The summed E-state index contributed by atoms with van der Waals surface area (Å²) in [6.07, 6.45) is 0. The molecule has 0 bridgehead atoms. The van der Waals surface area contributed by atoms with E-state index in [1.54, 1.807) is 24.3 Å². The molecular formula is C15H17NO2S2. The van der Waals surface area contributed by atoms with E-state index in [1.165, 1.54) is 0 Å². The Labute approximate surface area is 122 Å². The van der Waals surface area contributed by atoms with Crippen molar-refractivity contribution < 1.29 is 8.42 Å². The fourth-order valence-electron chi connectivity index (χ4n) is 1.71. The molecule has 0 amide bonds. The lowest BCUT2D eigenvalue weighted by atomic mass is 10.2. The smallest absolute Gasteiger partial charge is 0.199 e. The van der Waals surface area contributed by atoms with Crippen molar-refractivity contribution in [3.05, 3.63) is 60.2 Å². The minimum absolute atomic E-state index is 0.255. The molecule has 2 aromatic carbocycles. The highest BCUT2D eigenvalue weighted by Crippen LogP contribution is 2.17. The van der Waals surface area contributed by atoms with Gasteiger partial charge in [0.2, 0.25) is 0 Å². The highest BCUT2D eigenvalue weighted by Gasteiger charge is 2.13. The Kier molecular flexibility index (Phi) is 4.73. The van der Waals surface area contributed by atoms with Crippen LogP contribution in [0.3, 0.4) is 0 Å². The Morgan fingerprint density at radius 3 is 2.15 bits per heavy atom. The van der Waals surface area contributed by atoms with Crippen LogP contribution in [0.25, 0.3) is 0 Å². The number of aryl methyl sites for hydroxylation is 1. The van der Waals surface area contributed by atoms with Gasteiger partial charge in [0.15, 0.2) is 0 Å². The van der Waals surface area contributed by atoms with Gasteiger partial charge in [0.05, 0.1) is 4.90 Å². The van der Waals surface area contributed by atoms with Gasteiger partial charge in [0, 0.05) is 10.6 Å². The molecular weight excluding hydrogens is 290 g/mol. The van der Waals surface area contributed by atoms with E-state index >= 15 is 0 Å². The largest absolute Gasteiger partial charge is 0.288 e. The molecule has 0 unspecified atom stereocenters. The van der Waals surface area contributed by atoms with Crippen molar-refractivity contribution in [3.8, 4) is 0 Å². The molecule has 1 atom stereocenters. The average molecular weight is 307 g/mol. The first-order valence-electron chi connectivity index (χ1n) is 6.33. The summed E-state index contributed by atoms with van der Waals surface area (Å²) in [6, 6.07) is 16.3. The molecule has 2 rings (SSSR count). The fraction of sp³-hybridized carbons (Fsp3) is 0.200. The second kappa shape index (κ2) is 6.33. The van der Waals surface area contributed by atoms with Crippen LogP contribution in [0.2, 0.25) is 0 Å². The van der Waals surface area contributed by atoms with E-state index in [2.05, 4.69) is 3.77 Å². The Hall–Kier alpha value is -1.46. The van der Waals surface area contributed by atoms with Crippen LogP contribution in [0, 0.1) is 6.92 Å². The summed E-state index contributed by atoms with van der Waals surface area (Å²) in [5.41, 5.74) is 1.03. The van der Waals surface area contributed by atoms with Gasteiger partial charge in [0.25, 0.3) is 10.0 Å². The summed E-state index contributed by atoms with van der Waals surface area (Å²) in [6.45, 7) is 3.87. The van der Waals surface area contributed by atoms with Crippen LogP contribution in [0.15, 0.2) is 68.2 Å². The number of hydrogen-bond donors (Lipinski definition) is 0. The number of benzene rings is 2. The second-order valence-electron chi connectivity index (χ2n) is 4.33. The van der Waals surface area contributed by atoms with Crippen molar-refractivity contribution in [2.45, 2.75) is 23.6 Å². The van der Waals surface area contributed by atoms with Gasteiger partial charge in [-0.25, -0.2) is 0 Å². The first-order chi connectivity index (χ1) is 9.53. The predicted molar refractivity (Wildman–Crippen MR) is 83.4 cm³/mol. The Morgan fingerprint density at radius 1 is 1.00 bits per heavy atom. The monoisotopic (exact) mass is 307 g/mol. The van der Waals surface area contributed by atoms with Gasteiger partial charge in [-0.05, 0) is 31.2 Å². The number of sulfonamides is 1. The van der Waals surface area contributed by atoms with Crippen molar-refractivity contribution >= 4 is 20.7 Å². The summed E-state index contributed by atoms with van der Waals surface area (Å²) in [4.78, 5) is 1.20. The topological polar surface area (TPSA) is 46.5 Å². The van der Waals surface area contributed by atoms with E-state index in [-0.39, 0.29) is 4.90 Å². The van der Waals surface area contributed by atoms with E-state index in [9.17, 15) is 8.42 Å². The standard InChI is InChI=1S/C15H17NO2S2/c1-3-19(14-7-5-4-6-8-14)16-20(17,18)15-11-9-13(2)10-12-15/h4-12H,3H2,1-2H3/t19-/m1/s1. The average Bonchev–Trinajstić information content (AvgIpc) is 2.46. The second-order valence-corrected chi connectivity index (χ2v) is 8.13. The van der Waals surface area contributed by atoms with Gasteiger partial charge in [-0.2, -0.15) is 8.42 Å². The molecule has 0 saturated carbocycles. The summed E-state index contributed by atoms with van der Waals surface area (Å²) in [5, 5.41) is 0. The molecule has 0 N–H and O–H groups in total. The maximum Gasteiger partial charge on any atom is 0.288 e. The third-order valence-electron chi connectivity index (χ3n) is 2.80. The normalized spacial score (nSPS) is 13.3. The molecule has 2 aromatic rings. The number of rotatable bonds is 4. The molecule has 3 nitrogen and oxygen atoms in total. The number of nitrogens with zero attached hydrogens (tertiary/aromatic N) is 1. The molecule has 0 heterocycles. The first-order valence-corrected chi connectivity index (χ1v) is 9.13. The minimum Gasteiger partial charge on any atom is -0.199 e. The predicted octanol–water partition coefficient (Wildman–Crippen LogP) is 3.56. The Bertz CT molecular complexity index is 705. The molecule has 20 heavy (non-hydrogen) atoms. The summed E-state index contributed by atoms with van der Waals surface area (Å²) in [5.74, 6) is 0.676. The van der Waals surface area contributed by atoms with Crippen molar-refractivity contribution in [2.75, 3.05) is 5.75 Å². The number of hydrogen-bond acceptors (Lipinski definition) is 2. The molecule has 0 aliphatic heterocycles. The molecule has 0 aromatic heterocycles. The maximum absolute atomic E-state index is 12.3. The van der Waals surface area contributed by atoms with E-state index < -0.39 is 20.7 Å². The zero-order chi connectivity index (χ0) is 14.6. The zero-order valence-electron chi connectivity index (χ0n) is 11.5. The molecule has 0 fully saturated rings. The Morgan fingerprint density at radius 2 is 1.60 bits per heavy atom. The first kappa shape index (κ1) is 14.9. The summed E-state index contributed by atoms with van der Waals surface area (Å²) >= 11 is 0. The molecule has 106 valence electrons. The van der Waals surface area contributed by atoms with Crippen molar-refractivity contribution in [2.24, 2.45) is 3.77 Å². The lowest BCUT2D eigenvalue weighted by Gasteiger charge is -2.06. The van der Waals surface area contributed by atoms with Gasteiger partial charge < -0.3 is 0 Å². The minimum atomic E-state index is -3.60. The van der Waals surface area contributed by atoms with Crippen LogP contribution in [0.1, 0.15) is 12.5 Å². The lowest BCUT2D eigenvalue weighted by molar-refractivity contribution is 0.598. The zero-order valence-corrected chi connectivity index (χ0v) is 13.1. The van der Waals surface area contributed by atoms with E-state index in [4.69, 9.17) is 0 Å². The van der Waals surface area contributed by atoms with Crippen molar-refractivity contribution in [1.29, 1.82) is 0 Å². The molecule has 0 radical (unpaired) electrons. The SMILES string of the molecule is CC[S@@](=NS(=O)(=O)c1ccc(C)cc1)c1ccccc1. The van der Waals surface area contributed by atoms with Gasteiger partial charge in [-0.3, -0.25) is 0 Å². The van der Waals surface area contributed by atoms with Crippen molar-refractivity contribution in [1.82, 2.24) is 0 Å². The molecule has 0 saturated heterocycles.